The van der Waals surface area contributed by atoms with Gasteiger partial charge in [-0.2, -0.15) is 5.10 Å². The molecule has 0 radical (unpaired) electrons. The van der Waals surface area contributed by atoms with Crippen LogP contribution in [0, 0.1) is 5.92 Å². The molecule has 2 unspecified atom stereocenters. The highest BCUT2D eigenvalue weighted by atomic mass is 19.3. The summed E-state index contributed by atoms with van der Waals surface area (Å²) in [4.78, 5) is 19.3. The minimum absolute atomic E-state index is 0.0181. The lowest BCUT2D eigenvalue weighted by atomic mass is 10.0. The van der Waals surface area contributed by atoms with Gasteiger partial charge >= 0.3 is 0 Å². The Morgan fingerprint density at radius 1 is 1.31 bits per heavy atom. The highest BCUT2D eigenvalue weighted by Gasteiger charge is 2.33. The van der Waals surface area contributed by atoms with E-state index in [1.165, 1.54) is 22.4 Å². The summed E-state index contributed by atoms with van der Waals surface area (Å²) in [5, 5.41) is 14.3. The van der Waals surface area contributed by atoms with E-state index in [-0.39, 0.29) is 11.4 Å². The zero-order valence-electron chi connectivity index (χ0n) is 15.7. The summed E-state index contributed by atoms with van der Waals surface area (Å²) in [6.45, 7) is 2.68. The molecule has 5 heterocycles. The first-order valence-electron chi connectivity index (χ1n) is 9.44. The summed E-state index contributed by atoms with van der Waals surface area (Å²) < 4.78 is 29.0. The summed E-state index contributed by atoms with van der Waals surface area (Å²) in [6.07, 6.45) is 1.39. The molecule has 0 saturated carbocycles. The SMILES string of the molecule is Cn1cc(NC(=O)c2ccc3cnc(N4CC5CNC(C5)C4)nn23)c(C(F)F)n1. The summed E-state index contributed by atoms with van der Waals surface area (Å²) >= 11 is 0. The van der Waals surface area contributed by atoms with Crippen molar-refractivity contribution in [1.82, 2.24) is 29.7 Å². The van der Waals surface area contributed by atoms with Gasteiger partial charge in [-0.3, -0.25) is 9.48 Å². The van der Waals surface area contributed by atoms with Gasteiger partial charge in [-0.25, -0.2) is 18.3 Å². The van der Waals surface area contributed by atoms with E-state index >= 15 is 0 Å². The van der Waals surface area contributed by atoms with Crippen LogP contribution in [0.4, 0.5) is 20.4 Å². The summed E-state index contributed by atoms with van der Waals surface area (Å²) in [5.74, 6) is 0.583. The number of hydrogen-bond acceptors (Lipinski definition) is 6. The highest BCUT2D eigenvalue weighted by molar-refractivity contribution is 6.04. The topological polar surface area (TPSA) is 92.4 Å². The number of nitrogens with zero attached hydrogens (tertiary/aromatic N) is 6. The van der Waals surface area contributed by atoms with Crippen LogP contribution < -0.4 is 15.5 Å². The molecule has 2 bridgehead atoms. The average molecular weight is 402 g/mol. The van der Waals surface area contributed by atoms with Crippen LogP contribution in [-0.2, 0) is 7.05 Å². The molecule has 1 amide bonds. The molecular weight excluding hydrogens is 382 g/mol. The fraction of sp³-hybridized carbons (Fsp3) is 0.444. The number of aromatic nitrogens is 5. The molecule has 2 atom stereocenters. The molecule has 0 aliphatic carbocycles. The molecule has 0 aromatic carbocycles. The van der Waals surface area contributed by atoms with Gasteiger partial charge in [0.25, 0.3) is 12.3 Å². The van der Waals surface area contributed by atoms with Gasteiger partial charge < -0.3 is 15.5 Å². The van der Waals surface area contributed by atoms with Crippen molar-refractivity contribution in [3.8, 4) is 0 Å². The third-order valence-corrected chi connectivity index (χ3v) is 5.45. The molecule has 29 heavy (non-hydrogen) atoms. The maximum atomic E-state index is 13.2. The quantitative estimate of drug-likeness (QED) is 0.686. The number of aryl methyl sites for hydroxylation is 1. The Balaban J connectivity index is 1.44. The van der Waals surface area contributed by atoms with Gasteiger partial charge in [0.15, 0.2) is 5.69 Å². The van der Waals surface area contributed by atoms with E-state index in [1.807, 2.05) is 0 Å². The van der Waals surface area contributed by atoms with Crippen LogP contribution in [0.3, 0.4) is 0 Å². The maximum absolute atomic E-state index is 13.2. The lowest BCUT2D eigenvalue weighted by Gasteiger charge is -2.30. The van der Waals surface area contributed by atoms with E-state index < -0.39 is 18.0 Å². The van der Waals surface area contributed by atoms with E-state index in [1.54, 1.807) is 18.3 Å². The Kier molecular flexibility index (Phi) is 4.19. The Morgan fingerprint density at radius 3 is 2.97 bits per heavy atom. The maximum Gasteiger partial charge on any atom is 0.284 e. The highest BCUT2D eigenvalue weighted by Crippen LogP contribution is 2.27. The second kappa shape index (κ2) is 6.76. The number of carbonyl (C=O) groups is 1. The van der Waals surface area contributed by atoms with Crippen molar-refractivity contribution in [2.45, 2.75) is 18.9 Å². The van der Waals surface area contributed by atoms with Gasteiger partial charge in [0, 0.05) is 38.9 Å². The number of hydrogen-bond donors (Lipinski definition) is 2. The van der Waals surface area contributed by atoms with E-state index in [4.69, 9.17) is 0 Å². The van der Waals surface area contributed by atoms with Crippen molar-refractivity contribution < 1.29 is 13.6 Å². The third kappa shape index (κ3) is 3.20. The van der Waals surface area contributed by atoms with Crippen molar-refractivity contribution in [3.63, 3.8) is 0 Å². The second-order valence-electron chi connectivity index (χ2n) is 7.58. The smallest absolute Gasteiger partial charge is 0.284 e. The number of rotatable bonds is 4. The average Bonchev–Trinajstić information content (AvgIpc) is 3.37. The zero-order valence-corrected chi connectivity index (χ0v) is 15.7. The fourth-order valence-corrected chi connectivity index (χ4v) is 4.16. The van der Waals surface area contributed by atoms with Crippen LogP contribution in [0.25, 0.3) is 5.52 Å². The molecule has 5 rings (SSSR count). The van der Waals surface area contributed by atoms with Gasteiger partial charge in [-0.05, 0) is 24.5 Å². The van der Waals surface area contributed by atoms with E-state index in [9.17, 15) is 13.6 Å². The molecule has 152 valence electrons. The van der Waals surface area contributed by atoms with Crippen molar-refractivity contribution in [1.29, 1.82) is 0 Å². The van der Waals surface area contributed by atoms with Crippen molar-refractivity contribution in [3.05, 3.63) is 35.9 Å². The largest absolute Gasteiger partial charge is 0.338 e. The van der Waals surface area contributed by atoms with Crippen molar-refractivity contribution >= 4 is 23.1 Å². The number of halogens is 2. The number of amides is 1. The molecule has 3 aromatic heterocycles. The number of carbonyl (C=O) groups excluding carboxylic acids is 1. The molecule has 3 aromatic rings. The minimum atomic E-state index is -2.78. The Bertz CT molecular complexity index is 1070. The Morgan fingerprint density at radius 2 is 2.17 bits per heavy atom. The first-order chi connectivity index (χ1) is 14.0. The number of anilines is 2. The van der Waals surface area contributed by atoms with Gasteiger partial charge in [0.2, 0.25) is 5.95 Å². The number of alkyl halides is 2. The lowest BCUT2D eigenvalue weighted by Crippen LogP contribution is -2.42. The van der Waals surface area contributed by atoms with Crippen LogP contribution >= 0.6 is 0 Å². The van der Waals surface area contributed by atoms with Gasteiger partial charge in [0.1, 0.15) is 5.69 Å². The number of fused-ring (bicyclic) bond motifs is 3. The number of piperidine rings is 1. The summed E-state index contributed by atoms with van der Waals surface area (Å²) in [6, 6.07) is 3.75. The Labute approximate surface area is 164 Å². The van der Waals surface area contributed by atoms with Crippen molar-refractivity contribution in [2.75, 3.05) is 29.9 Å². The minimum Gasteiger partial charge on any atom is -0.338 e. The van der Waals surface area contributed by atoms with Crippen LogP contribution in [0.2, 0.25) is 0 Å². The molecule has 11 heteroatoms. The van der Waals surface area contributed by atoms with Crippen LogP contribution in [-0.4, -0.2) is 56.0 Å². The first kappa shape index (κ1) is 18.0. The van der Waals surface area contributed by atoms with Gasteiger partial charge in [0.05, 0.1) is 17.4 Å². The standard InChI is InChI=1S/C18H20F2N8O/c1-26-9-13(15(24-26)16(19)20)23-17(29)14-3-2-12-6-22-18(25-28(12)14)27-7-10-4-11(8-27)21-5-10/h2-3,6,9-11,16,21H,4-5,7-8H2,1H3,(H,23,29). The van der Waals surface area contributed by atoms with Crippen LogP contribution in [0.15, 0.2) is 24.5 Å². The zero-order chi connectivity index (χ0) is 20.1. The van der Waals surface area contributed by atoms with Gasteiger partial charge in [-0.1, -0.05) is 0 Å². The number of nitrogens with one attached hydrogen (secondary N) is 2. The molecule has 2 aliphatic rings. The van der Waals surface area contributed by atoms with E-state index in [0.29, 0.717) is 23.4 Å². The molecule has 2 saturated heterocycles. The summed E-state index contributed by atoms with van der Waals surface area (Å²) in [5.41, 5.74) is 0.409. The lowest BCUT2D eigenvalue weighted by molar-refractivity contribution is 0.101. The second-order valence-corrected chi connectivity index (χ2v) is 7.58. The first-order valence-corrected chi connectivity index (χ1v) is 9.44. The fourth-order valence-electron chi connectivity index (χ4n) is 4.16. The monoisotopic (exact) mass is 402 g/mol. The van der Waals surface area contributed by atoms with Crippen molar-refractivity contribution in [2.24, 2.45) is 13.0 Å². The molecular formula is C18H20F2N8O. The van der Waals surface area contributed by atoms with Crippen LogP contribution in [0.5, 0.6) is 0 Å². The molecule has 2 N–H and O–H groups in total. The molecule has 9 nitrogen and oxygen atoms in total. The molecule has 2 aliphatic heterocycles. The van der Waals surface area contributed by atoms with Crippen LogP contribution in [0.1, 0.15) is 29.0 Å². The predicted octanol–water partition coefficient (Wildman–Crippen LogP) is 1.45. The summed E-state index contributed by atoms with van der Waals surface area (Å²) in [7, 11) is 1.52. The predicted molar refractivity (Wildman–Crippen MR) is 101 cm³/mol. The Hall–Kier alpha value is -3.08. The normalized spacial score (nSPS) is 21.3. The van der Waals surface area contributed by atoms with E-state index in [2.05, 4.69) is 30.7 Å². The molecule has 2 fully saturated rings. The van der Waals surface area contributed by atoms with Gasteiger partial charge in [-0.15, -0.1) is 5.10 Å². The van der Waals surface area contributed by atoms with E-state index in [0.717, 1.165) is 26.1 Å². The third-order valence-electron chi connectivity index (χ3n) is 5.45. The molecule has 0 spiro atoms.